The minimum atomic E-state index is -0.309. The molecule has 2 aromatic rings. The van der Waals surface area contributed by atoms with E-state index in [-0.39, 0.29) is 24.8 Å². The third kappa shape index (κ3) is 5.64. The first kappa shape index (κ1) is 15.0. The van der Waals surface area contributed by atoms with Crippen LogP contribution in [-0.2, 0) is 11.2 Å². The Kier molecular flexibility index (Phi) is 5.75. The molecule has 2 rings (SSSR count). The number of amides is 1. The van der Waals surface area contributed by atoms with Gasteiger partial charge in [-0.05, 0) is 30.7 Å². The van der Waals surface area contributed by atoms with E-state index in [1.807, 2.05) is 0 Å². The highest BCUT2D eigenvalue weighted by Crippen LogP contribution is 2.10. The summed E-state index contributed by atoms with van der Waals surface area (Å²) in [5, 5.41) is 2.82. The number of carbonyl (C=O) groups is 1. The van der Waals surface area contributed by atoms with Crippen molar-refractivity contribution in [3.63, 3.8) is 0 Å². The van der Waals surface area contributed by atoms with Crippen molar-refractivity contribution < 1.29 is 13.9 Å². The number of hydrogen-bond donors (Lipinski definition) is 2. The van der Waals surface area contributed by atoms with Crippen molar-refractivity contribution in [2.24, 2.45) is 0 Å². The van der Waals surface area contributed by atoms with E-state index in [1.165, 1.54) is 24.3 Å². The minimum Gasteiger partial charge on any atom is -0.493 e. The molecule has 0 atom stereocenters. The van der Waals surface area contributed by atoms with Crippen LogP contribution in [0.4, 0.5) is 4.39 Å². The summed E-state index contributed by atoms with van der Waals surface area (Å²) in [7, 11) is 0. The first-order chi connectivity index (χ1) is 10.2. The Labute approximate surface area is 122 Å². The number of aromatic amines is 1. The Hall–Kier alpha value is -2.37. The average molecular weight is 291 g/mol. The molecule has 0 radical (unpaired) electrons. The van der Waals surface area contributed by atoms with Crippen LogP contribution in [0.15, 0.2) is 36.7 Å². The number of aromatic nitrogens is 2. The zero-order chi connectivity index (χ0) is 14.9. The number of nitrogens with zero attached hydrogens (tertiary/aromatic N) is 1. The molecule has 0 aliphatic rings. The normalized spacial score (nSPS) is 10.3. The smallest absolute Gasteiger partial charge is 0.223 e. The van der Waals surface area contributed by atoms with E-state index in [4.69, 9.17) is 4.74 Å². The zero-order valence-electron chi connectivity index (χ0n) is 11.6. The number of H-pyrrole nitrogens is 1. The summed E-state index contributed by atoms with van der Waals surface area (Å²) in [6, 6.07) is 5.72. The molecule has 21 heavy (non-hydrogen) atoms. The SMILES string of the molecule is O=C(CCOc1ccc(F)cc1)NCCCc1ncc[nH]1. The van der Waals surface area contributed by atoms with Gasteiger partial charge in [-0.3, -0.25) is 4.79 Å². The van der Waals surface area contributed by atoms with Crippen LogP contribution in [0.5, 0.6) is 5.75 Å². The molecule has 1 aromatic carbocycles. The summed E-state index contributed by atoms with van der Waals surface area (Å²) < 4.78 is 18.0. The molecule has 0 spiro atoms. The Balaban J connectivity index is 1.54. The van der Waals surface area contributed by atoms with Crippen LogP contribution >= 0.6 is 0 Å². The van der Waals surface area contributed by atoms with Gasteiger partial charge in [0.15, 0.2) is 0 Å². The number of rotatable bonds is 8. The summed E-state index contributed by atoms with van der Waals surface area (Å²) in [4.78, 5) is 18.7. The van der Waals surface area contributed by atoms with Gasteiger partial charge in [0, 0.05) is 25.4 Å². The molecule has 6 heteroatoms. The molecule has 0 unspecified atom stereocenters. The van der Waals surface area contributed by atoms with Crippen molar-refractivity contribution >= 4 is 5.91 Å². The van der Waals surface area contributed by atoms with E-state index >= 15 is 0 Å². The van der Waals surface area contributed by atoms with Crippen molar-refractivity contribution in [2.45, 2.75) is 19.3 Å². The van der Waals surface area contributed by atoms with Gasteiger partial charge in [0.05, 0.1) is 13.0 Å². The topological polar surface area (TPSA) is 67.0 Å². The van der Waals surface area contributed by atoms with Gasteiger partial charge in [-0.15, -0.1) is 0 Å². The third-order valence-electron chi connectivity index (χ3n) is 2.88. The number of ether oxygens (including phenoxy) is 1. The summed E-state index contributed by atoms with van der Waals surface area (Å²) in [5.41, 5.74) is 0. The highest BCUT2D eigenvalue weighted by Gasteiger charge is 2.02. The van der Waals surface area contributed by atoms with E-state index < -0.39 is 0 Å². The molecule has 5 nitrogen and oxygen atoms in total. The van der Waals surface area contributed by atoms with Crippen molar-refractivity contribution in [3.05, 3.63) is 48.3 Å². The first-order valence-electron chi connectivity index (χ1n) is 6.87. The predicted octanol–water partition coefficient (Wildman–Crippen LogP) is 2.07. The van der Waals surface area contributed by atoms with Gasteiger partial charge in [0.1, 0.15) is 17.4 Å². The summed E-state index contributed by atoms with van der Waals surface area (Å²) in [6.45, 7) is 0.881. The molecule has 0 saturated heterocycles. The molecule has 0 bridgehead atoms. The third-order valence-corrected chi connectivity index (χ3v) is 2.88. The number of hydrogen-bond acceptors (Lipinski definition) is 3. The van der Waals surface area contributed by atoms with Crippen molar-refractivity contribution in [1.82, 2.24) is 15.3 Å². The maximum Gasteiger partial charge on any atom is 0.223 e. The van der Waals surface area contributed by atoms with Crippen molar-refractivity contribution in [1.29, 1.82) is 0 Å². The summed E-state index contributed by atoms with van der Waals surface area (Å²) >= 11 is 0. The van der Waals surface area contributed by atoms with Gasteiger partial charge in [-0.1, -0.05) is 0 Å². The minimum absolute atomic E-state index is 0.0587. The molecule has 0 fully saturated rings. The second-order valence-corrected chi connectivity index (χ2v) is 4.54. The second-order valence-electron chi connectivity index (χ2n) is 4.54. The fourth-order valence-corrected chi connectivity index (χ4v) is 1.80. The maximum atomic E-state index is 12.7. The molecule has 1 amide bonds. The second kappa shape index (κ2) is 8.04. The van der Waals surface area contributed by atoms with Gasteiger partial charge in [0.2, 0.25) is 5.91 Å². The van der Waals surface area contributed by atoms with Crippen molar-refractivity contribution in [2.75, 3.05) is 13.2 Å². The fraction of sp³-hybridized carbons (Fsp3) is 0.333. The monoisotopic (exact) mass is 291 g/mol. The molecule has 0 saturated carbocycles. The fourth-order valence-electron chi connectivity index (χ4n) is 1.80. The number of imidazole rings is 1. The van der Waals surface area contributed by atoms with Crippen LogP contribution in [0.25, 0.3) is 0 Å². The zero-order valence-corrected chi connectivity index (χ0v) is 11.6. The molecule has 112 valence electrons. The lowest BCUT2D eigenvalue weighted by Gasteiger charge is -2.07. The number of halogens is 1. The molecule has 1 heterocycles. The van der Waals surface area contributed by atoms with Crippen LogP contribution in [0, 0.1) is 5.82 Å². The highest BCUT2D eigenvalue weighted by atomic mass is 19.1. The Bertz CT molecular complexity index is 541. The van der Waals surface area contributed by atoms with E-state index in [0.29, 0.717) is 12.3 Å². The molecule has 1 aromatic heterocycles. The summed E-state index contributed by atoms with van der Waals surface area (Å²) in [5.74, 6) is 1.11. The standard InChI is InChI=1S/C15H18FN3O2/c16-12-3-5-13(6-4-12)21-11-7-15(20)19-8-1-2-14-17-9-10-18-14/h3-6,9-10H,1-2,7-8,11H2,(H,17,18)(H,19,20). The van der Waals surface area contributed by atoms with E-state index in [9.17, 15) is 9.18 Å². The molecule has 0 aliphatic heterocycles. The highest BCUT2D eigenvalue weighted by molar-refractivity contribution is 5.75. The molecular weight excluding hydrogens is 273 g/mol. The van der Waals surface area contributed by atoms with E-state index in [0.717, 1.165) is 18.7 Å². The van der Waals surface area contributed by atoms with Gasteiger partial charge in [-0.25, -0.2) is 9.37 Å². The number of nitrogens with one attached hydrogen (secondary N) is 2. The lowest BCUT2D eigenvalue weighted by Crippen LogP contribution is -2.26. The summed E-state index contributed by atoms with van der Waals surface area (Å²) in [6.07, 6.45) is 5.40. The number of aryl methyl sites for hydroxylation is 1. The van der Waals surface area contributed by atoms with Gasteiger partial charge < -0.3 is 15.0 Å². The van der Waals surface area contributed by atoms with E-state index in [2.05, 4.69) is 15.3 Å². The molecule has 2 N–H and O–H groups in total. The van der Waals surface area contributed by atoms with Crippen LogP contribution in [-0.4, -0.2) is 29.0 Å². The van der Waals surface area contributed by atoms with Gasteiger partial charge >= 0.3 is 0 Å². The van der Waals surface area contributed by atoms with Crippen LogP contribution in [0.1, 0.15) is 18.7 Å². The molecule has 0 aliphatic carbocycles. The molecular formula is C15H18FN3O2. The van der Waals surface area contributed by atoms with Crippen LogP contribution < -0.4 is 10.1 Å². The maximum absolute atomic E-state index is 12.7. The predicted molar refractivity (Wildman–Crippen MR) is 76.4 cm³/mol. The van der Waals surface area contributed by atoms with E-state index in [1.54, 1.807) is 12.4 Å². The quantitative estimate of drug-likeness (QED) is 0.732. The lowest BCUT2D eigenvalue weighted by molar-refractivity contribution is -0.121. The Morgan fingerprint density at radius 1 is 1.33 bits per heavy atom. The van der Waals surface area contributed by atoms with Crippen LogP contribution in [0.3, 0.4) is 0 Å². The average Bonchev–Trinajstić information content (AvgIpc) is 2.99. The Morgan fingerprint density at radius 3 is 2.86 bits per heavy atom. The van der Waals surface area contributed by atoms with Crippen molar-refractivity contribution in [3.8, 4) is 5.75 Å². The number of benzene rings is 1. The largest absolute Gasteiger partial charge is 0.493 e. The Morgan fingerprint density at radius 2 is 2.14 bits per heavy atom. The van der Waals surface area contributed by atoms with Gasteiger partial charge in [-0.2, -0.15) is 0 Å². The first-order valence-corrected chi connectivity index (χ1v) is 6.87. The van der Waals surface area contributed by atoms with Crippen LogP contribution in [0.2, 0.25) is 0 Å². The lowest BCUT2D eigenvalue weighted by atomic mass is 10.3. The van der Waals surface area contributed by atoms with Gasteiger partial charge in [0.25, 0.3) is 0 Å². The number of carbonyl (C=O) groups excluding carboxylic acids is 1.